The first-order valence-electron chi connectivity index (χ1n) is 9.10. The lowest BCUT2D eigenvalue weighted by Gasteiger charge is -2.16. The summed E-state index contributed by atoms with van der Waals surface area (Å²) in [6.45, 7) is 1.60. The van der Waals surface area contributed by atoms with Gasteiger partial charge in [-0.1, -0.05) is 30.3 Å². The van der Waals surface area contributed by atoms with E-state index >= 15 is 0 Å². The molecule has 0 aliphatic carbocycles. The van der Waals surface area contributed by atoms with E-state index in [0.717, 1.165) is 10.8 Å². The van der Waals surface area contributed by atoms with Crippen molar-refractivity contribution in [2.24, 2.45) is 0 Å². The number of fused-ring (bicyclic) bond motifs is 1. The quantitative estimate of drug-likeness (QED) is 0.532. The van der Waals surface area contributed by atoms with E-state index in [1.807, 2.05) is 36.4 Å². The van der Waals surface area contributed by atoms with E-state index < -0.39 is 17.9 Å². The zero-order chi connectivity index (χ0) is 21.7. The molecule has 7 nitrogen and oxygen atoms in total. The van der Waals surface area contributed by atoms with Crippen LogP contribution >= 0.6 is 15.9 Å². The van der Waals surface area contributed by atoms with Crippen LogP contribution in [0.3, 0.4) is 0 Å². The molecular formula is C22H21BrN2O5. The van der Waals surface area contributed by atoms with Crippen molar-refractivity contribution in [3.63, 3.8) is 0 Å². The van der Waals surface area contributed by atoms with E-state index in [4.69, 9.17) is 14.2 Å². The molecule has 0 radical (unpaired) electrons. The van der Waals surface area contributed by atoms with Crippen LogP contribution in [0.25, 0.3) is 10.8 Å². The smallest absolute Gasteiger partial charge is 0.279 e. The summed E-state index contributed by atoms with van der Waals surface area (Å²) in [5, 5.41) is 2.09. The Kier molecular flexibility index (Phi) is 6.79. The molecule has 1 unspecified atom stereocenters. The minimum atomic E-state index is -0.819. The molecule has 30 heavy (non-hydrogen) atoms. The second-order valence-corrected chi connectivity index (χ2v) is 7.20. The van der Waals surface area contributed by atoms with Gasteiger partial charge in [-0.2, -0.15) is 0 Å². The van der Waals surface area contributed by atoms with Gasteiger partial charge in [0.2, 0.25) is 0 Å². The number of amides is 2. The number of ether oxygens (including phenoxy) is 3. The van der Waals surface area contributed by atoms with Crippen molar-refractivity contribution < 1.29 is 23.8 Å². The number of carbonyl (C=O) groups excluding carboxylic acids is 2. The third-order valence-electron chi connectivity index (χ3n) is 4.41. The minimum Gasteiger partial charge on any atom is -0.495 e. The second kappa shape index (κ2) is 9.49. The third kappa shape index (κ3) is 4.83. The highest BCUT2D eigenvalue weighted by molar-refractivity contribution is 9.10. The standard InChI is InChI=1S/C22H21BrN2O5/c1-13(30-17-9-8-14-6-4-5-7-15(14)10-17)21(26)24-25-22(27)16-11-18(28-2)20(23)19(12-16)29-3/h4-13H,1-3H3,(H,24,26)(H,25,27). The number of methoxy groups -OCH3 is 2. The summed E-state index contributed by atoms with van der Waals surface area (Å²) >= 11 is 3.34. The Bertz CT molecular complexity index is 1060. The summed E-state index contributed by atoms with van der Waals surface area (Å²) in [5.41, 5.74) is 5.00. The molecule has 0 aromatic heterocycles. The van der Waals surface area contributed by atoms with Gasteiger partial charge in [-0.15, -0.1) is 0 Å². The molecule has 2 amide bonds. The molecule has 0 spiro atoms. The maximum Gasteiger partial charge on any atom is 0.279 e. The average Bonchev–Trinajstić information content (AvgIpc) is 2.77. The second-order valence-electron chi connectivity index (χ2n) is 6.41. The van der Waals surface area contributed by atoms with Gasteiger partial charge in [0.25, 0.3) is 11.8 Å². The lowest BCUT2D eigenvalue weighted by Crippen LogP contribution is -2.47. The summed E-state index contributed by atoms with van der Waals surface area (Å²) < 4.78 is 16.7. The van der Waals surface area contributed by atoms with Gasteiger partial charge in [0, 0.05) is 5.56 Å². The number of hydrogen-bond acceptors (Lipinski definition) is 5. The van der Waals surface area contributed by atoms with Crippen molar-refractivity contribution in [3.8, 4) is 17.2 Å². The SMILES string of the molecule is COc1cc(C(=O)NNC(=O)C(C)Oc2ccc3ccccc3c2)cc(OC)c1Br. The van der Waals surface area contributed by atoms with E-state index in [0.29, 0.717) is 21.7 Å². The Labute approximate surface area is 182 Å². The van der Waals surface area contributed by atoms with Gasteiger partial charge < -0.3 is 14.2 Å². The molecule has 0 heterocycles. The molecule has 0 aliphatic heterocycles. The summed E-state index contributed by atoms with van der Waals surface area (Å²) in [4.78, 5) is 24.8. The van der Waals surface area contributed by atoms with Crippen LogP contribution in [0.4, 0.5) is 0 Å². The van der Waals surface area contributed by atoms with Crippen molar-refractivity contribution in [3.05, 3.63) is 64.6 Å². The Balaban J connectivity index is 1.62. The van der Waals surface area contributed by atoms with Crippen LogP contribution < -0.4 is 25.1 Å². The monoisotopic (exact) mass is 472 g/mol. The van der Waals surface area contributed by atoms with Crippen LogP contribution in [-0.2, 0) is 4.79 Å². The predicted octanol–water partition coefficient (Wildman–Crippen LogP) is 3.85. The predicted molar refractivity (Wildman–Crippen MR) is 117 cm³/mol. The fourth-order valence-electron chi connectivity index (χ4n) is 2.79. The van der Waals surface area contributed by atoms with Crippen LogP contribution in [0.2, 0.25) is 0 Å². The number of halogens is 1. The van der Waals surface area contributed by atoms with Gasteiger partial charge >= 0.3 is 0 Å². The number of carbonyl (C=O) groups is 2. The summed E-state index contributed by atoms with van der Waals surface area (Å²) in [6, 6.07) is 16.5. The number of rotatable bonds is 6. The first kappa shape index (κ1) is 21.4. The van der Waals surface area contributed by atoms with E-state index in [1.54, 1.807) is 13.0 Å². The Morgan fingerprint density at radius 3 is 2.17 bits per heavy atom. The van der Waals surface area contributed by atoms with Crippen LogP contribution in [0.15, 0.2) is 59.1 Å². The summed E-state index contributed by atoms with van der Waals surface area (Å²) in [5.74, 6) is 0.403. The minimum absolute atomic E-state index is 0.260. The Hall–Kier alpha value is -3.26. The molecule has 3 aromatic carbocycles. The van der Waals surface area contributed by atoms with Gasteiger partial charge in [0.15, 0.2) is 6.10 Å². The molecule has 156 valence electrons. The number of hydrazine groups is 1. The lowest BCUT2D eigenvalue weighted by atomic mass is 10.1. The van der Waals surface area contributed by atoms with Gasteiger partial charge in [-0.3, -0.25) is 20.4 Å². The molecule has 3 aromatic rings. The van der Waals surface area contributed by atoms with Crippen molar-refractivity contribution in [2.45, 2.75) is 13.0 Å². The van der Waals surface area contributed by atoms with Crippen LogP contribution in [0, 0.1) is 0 Å². The molecule has 0 aliphatic rings. The molecule has 1 atom stereocenters. The molecular weight excluding hydrogens is 452 g/mol. The van der Waals surface area contributed by atoms with Crippen molar-refractivity contribution in [1.82, 2.24) is 10.9 Å². The van der Waals surface area contributed by atoms with Crippen LogP contribution in [0.5, 0.6) is 17.2 Å². The topological polar surface area (TPSA) is 85.9 Å². The molecule has 8 heteroatoms. The van der Waals surface area contributed by atoms with Crippen molar-refractivity contribution in [1.29, 1.82) is 0 Å². The van der Waals surface area contributed by atoms with Gasteiger partial charge in [0.1, 0.15) is 21.7 Å². The Morgan fingerprint density at radius 2 is 1.53 bits per heavy atom. The lowest BCUT2D eigenvalue weighted by molar-refractivity contribution is -0.128. The van der Waals surface area contributed by atoms with Crippen molar-refractivity contribution in [2.75, 3.05) is 14.2 Å². The molecule has 0 saturated heterocycles. The number of hydrogen-bond donors (Lipinski definition) is 2. The van der Waals surface area contributed by atoms with Crippen molar-refractivity contribution >= 4 is 38.5 Å². The highest BCUT2D eigenvalue weighted by Gasteiger charge is 2.18. The third-order valence-corrected chi connectivity index (χ3v) is 5.19. The maximum absolute atomic E-state index is 12.4. The summed E-state index contributed by atoms with van der Waals surface area (Å²) in [6.07, 6.45) is -0.819. The number of nitrogens with one attached hydrogen (secondary N) is 2. The van der Waals surface area contributed by atoms with E-state index in [1.165, 1.54) is 26.4 Å². The Morgan fingerprint density at radius 1 is 0.900 bits per heavy atom. The van der Waals surface area contributed by atoms with Gasteiger partial charge in [0.05, 0.1) is 14.2 Å². The fourth-order valence-corrected chi connectivity index (χ4v) is 3.34. The van der Waals surface area contributed by atoms with E-state index in [9.17, 15) is 9.59 Å². The highest BCUT2D eigenvalue weighted by Crippen LogP contribution is 2.35. The fraction of sp³-hybridized carbons (Fsp3) is 0.182. The number of benzene rings is 3. The van der Waals surface area contributed by atoms with Gasteiger partial charge in [-0.05, 0) is 57.9 Å². The normalized spacial score (nSPS) is 11.5. The molecule has 0 bridgehead atoms. The molecule has 2 N–H and O–H groups in total. The zero-order valence-corrected chi connectivity index (χ0v) is 18.3. The first-order valence-corrected chi connectivity index (χ1v) is 9.89. The average molecular weight is 473 g/mol. The maximum atomic E-state index is 12.4. The van der Waals surface area contributed by atoms with E-state index in [-0.39, 0.29) is 5.56 Å². The zero-order valence-electron chi connectivity index (χ0n) is 16.7. The van der Waals surface area contributed by atoms with E-state index in [2.05, 4.69) is 26.8 Å². The summed E-state index contributed by atoms with van der Waals surface area (Å²) in [7, 11) is 2.96. The molecule has 0 saturated carbocycles. The van der Waals surface area contributed by atoms with Crippen LogP contribution in [-0.4, -0.2) is 32.1 Å². The van der Waals surface area contributed by atoms with Crippen LogP contribution in [0.1, 0.15) is 17.3 Å². The molecule has 0 fully saturated rings. The first-order chi connectivity index (χ1) is 14.4. The van der Waals surface area contributed by atoms with Gasteiger partial charge in [-0.25, -0.2) is 0 Å². The highest BCUT2D eigenvalue weighted by atomic mass is 79.9. The molecule has 3 rings (SSSR count). The largest absolute Gasteiger partial charge is 0.495 e.